The molecule has 1 amide bonds. The van der Waals surface area contributed by atoms with Gasteiger partial charge in [0.15, 0.2) is 0 Å². The first-order chi connectivity index (χ1) is 13.3. The number of carbonyl (C=O) groups excluding carboxylic acids is 1. The Morgan fingerprint density at radius 3 is 2.96 bits per heavy atom. The van der Waals surface area contributed by atoms with E-state index in [1.165, 1.54) is 0 Å². The molecule has 6 heteroatoms. The average Bonchev–Trinajstić information content (AvgIpc) is 3.41. The van der Waals surface area contributed by atoms with Crippen LogP contribution in [0, 0.1) is 11.8 Å². The van der Waals surface area contributed by atoms with Crippen LogP contribution in [0.15, 0.2) is 67.3 Å². The van der Waals surface area contributed by atoms with Crippen LogP contribution in [-0.4, -0.2) is 34.7 Å². The van der Waals surface area contributed by atoms with Crippen LogP contribution in [0.5, 0.6) is 0 Å². The van der Waals surface area contributed by atoms with Crippen LogP contribution in [0.25, 0.3) is 5.69 Å². The predicted molar refractivity (Wildman–Crippen MR) is 105 cm³/mol. The molecule has 0 radical (unpaired) electrons. The maximum absolute atomic E-state index is 12.6. The minimum Gasteiger partial charge on any atom is -0.322 e. The molecular weight excluding hydrogens is 338 g/mol. The Hall–Kier alpha value is -3.40. The van der Waals surface area contributed by atoms with Crippen molar-refractivity contribution in [3.05, 3.63) is 78.4 Å². The number of nitrogens with zero attached hydrogens (tertiary/aromatic N) is 2. The van der Waals surface area contributed by atoms with Crippen LogP contribution in [0.2, 0.25) is 0 Å². The Bertz CT molecular complexity index is 995. The average molecular weight is 357 g/mol. The second-order valence-corrected chi connectivity index (χ2v) is 6.21. The molecular formula is C21H19N5O. The zero-order chi connectivity index (χ0) is 18.5. The van der Waals surface area contributed by atoms with Gasteiger partial charge in [0.2, 0.25) is 0 Å². The lowest BCUT2D eigenvalue weighted by Crippen LogP contribution is -2.21. The standard InChI is InChI=1S/C21H19N5O/c27-21(25-18-5-2-6-20(12-18)26-10-9-22-15-26)17-4-1-3-16(11-17)7-8-19-13-23-14-24-19/h1-6,9-12,15,19,23-24H,13-14H2,(H,25,27). The van der Waals surface area contributed by atoms with Crippen LogP contribution in [0.4, 0.5) is 5.69 Å². The van der Waals surface area contributed by atoms with E-state index in [4.69, 9.17) is 0 Å². The number of benzene rings is 2. The second kappa shape index (κ2) is 7.87. The Balaban J connectivity index is 1.48. The van der Waals surface area contributed by atoms with Crippen molar-refractivity contribution in [1.82, 2.24) is 20.2 Å². The third-order valence-corrected chi connectivity index (χ3v) is 4.24. The molecule has 1 atom stereocenters. The summed E-state index contributed by atoms with van der Waals surface area (Å²) in [5.41, 5.74) is 3.06. The molecule has 1 fully saturated rings. The summed E-state index contributed by atoms with van der Waals surface area (Å²) in [6.45, 7) is 1.61. The zero-order valence-corrected chi connectivity index (χ0v) is 14.6. The molecule has 6 nitrogen and oxygen atoms in total. The fourth-order valence-corrected chi connectivity index (χ4v) is 2.85. The van der Waals surface area contributed by atoms with E-state index >= 15 is 0 Å². The molecule has 0 saturated carbocycles. The van der Waals surface area contributed by atoms with Crippen molar-refractivity contribution in [2.45, 2.75) is 6.04 Å². The summed E-state index contributed by atoms with van der Waals surface area (Å²) < 4.78 is 1.89. The van der Waals surface area contributed by atoms with Crippen molar-refractivity contribution in [2.24, 2.45) is 0 Å². The normalized spacial score (nSPS) is 15.8. The highest BCUT2D eigenvalue weighted by atomic mass is 16.1. The van der Waals surface area contributed by atoms with Crippen LogP contribution < -0.4 is 16.0 Å². The molecule has 27 heavy (non-hydrogen) atoms. The Morgan fingerprint density at radius 1 is 1.22 bits per heavy atom. The molecule has 2 heterocycles. The highest BCUT2D eigenvalue weighted by Crippen LogP contribution is 2.16. The number of amides is 1. The minimum atomic E-state index is -0.165. The predicted octanol–water partition coefficient (Wildman–Crippen LogP) is 1.99. The number of nitrogens with one attached hydrogen (secondary N) is 3. The van der Waals surface area contributed by atoms with Gasteiger partial charge in [0.25, 0.3) is 5.91 Å². The molecule has 0 bridgehead atoms. The molecule has 1 aliphatic rings. The van der Waals surface area contributed by atoms with Gasteiger partial charge in [0.1, 0.15) is 0 Å². The molecule has 1 unspecified atom stereocenters. The number of hydrogen-bond donors (Lipinski definition) is 3. The van der Waals surface area contributed by atoms with E-state index in [0.29, 0.717) is 5.56 Å². The van der Waals surface area contributed by atoms with Gasteiger partial charge < -0.3 is 15.2 Å². The number of hydrogen-bond acceptors (Lipinski definition) is 4. The van der Waals surface area contributed by atoms with Crippen LogP contribution in [0.3, 0.4) is 0 Å². The SMILES string of the molecule is O=C(Nc1cccc(-n2ccnc2)c1)c1cccc(C#CC2CNCN2)c1. The van der Waals surface area contributed by atoms with Crippen molar-refractivity contribution in [1.29, 1.82) is 0 Å². The zero-order valence-electron chi connectivity index (χ0n) is 14.6. The molecule has 4 rings (SSSR count). The van der Waals surface area contributed by atoms with Gasteiger partial charge in [0.05, 0.1) is 12.4 Å². The first-order valence-electron chi connectivity index (χ1n) is 8.73. The topological polar surface area (TPSA) is 71.0 Å². The summed E-state index contributed by atoms with van der Waals surface area (Å²) >= 11 is 0. The third-order valence-electron chi connectivity index (χ3n) is 4.24. The summed E-state index contributed by atoms with van der Waals surface area (Å²) in [5, 5.41) is 9.38. The lowest BCUT2D eigenvalue weighted by atomic mass is 10.1. The number of rotatable bonds is 3. The lowest BCUT2D eigenvalue weighted by Gasteiger charge is -2.08. The van der Waals surface area contributed by atoms with Crippen molar-refractivity contribution in [3.8, 4) is 17.5 Å². The van der Waals surface area contributed by atoms with E-state index in [9.17, 15) is 4.79 Å². The number of imidazole rings is 1. The quantitative estimate of drug-likeness (QED) is 0.627. The van der Waals surface area contributed by atoms with E-state index in [0.717, 1.165) is 30.2 Å². The molecule has 3 N–H and O–H groups in total. The van der Waals surface area contributed by atoms with Gasteiger partial charge in [-0.15, -0.1) is 0 Å². The van der Waals surface area contributed by atoms with Crippen LogP contribution in [0.1, 0.15) is 15.9 Å². The van der Waals surface area contributed by atoms with Gasteiger partial charge in [-0.05, 0) is 36.4 Å². The first kappa shape index (κ1) is 17.0. The molecule has 1 saturated heterocycles. The number of anilines is 1. The van der Waals surface area contributed by atoms with Gasteiger partial charge in [-0.25, -0.2) is 4.98 Å². The highest BCUT2D eigenvalue weighted by Gasteiger charge is 2.10. The van der Waals surface area contributed by atoms with E-state index in [1.54, 1.807) is 18.6 Å². The van der Waals surface area contributed by atoms with E-state index in [2.05, 4.69) is 32.8 Å². The maximum atomic E-state index is 12.6. The molecule has 2 aromatic carbocycles. The summed E-state index contributed by atoms with van der Waals surface area (Å²) in [6, 6.07) is 15.1. The van der Waals surface area contributed by atoms with E-state index in [-0.39, 0.29) is 11.9 Å². The summed E-state index contributed by atoms with van der Waals surface area (Å²) in [7, 11) is 0. The van der Waals surface area contributed by atoms with Crippen LogP contribution in [-0.2, 0) is 0 Å². The lowest BCUT2D eigenvalue weighted by molar-refractivity contribution is 0.102. The van der Waals surface area contributed by atoms with Crippen molar-refractivity contribution in [2.75, 3.05) is 18.5 Å². The maximum Gasteiger partial charge on any atom is 0.255 e. The monoisotopic (exact) mass is 357 g/mol. The largest absolute Gasteiger partial charge is 0.322 e. The smallest absolute Gasteiger partial charge is 0.255 e. The molecule has 3 aromatic rings. The first-order valence-corrected chi connectivity index (χ1v) is 8.73. The Morgan fingerprint density at radius 2 is 2.15 bits per heavy atom. The minimum absolute atomic E-state index is 0.147. The van der Waals surface area contributed by atoms with Gasteiger partial charge in [-0.1, -0.05) is 24.0 Å². The third kappa shape index (κ3) is 4.23. The Kier molecular flexibility index (Phi) is 4.97. The van der Waals surface area contributed by atoms with Gasteiger partial charge >= 0.3 is 0 Å². The van der Waals surface area contributed by atoms with Crippen molar-refractivity contribution < 1.29 is 4.79 Å². The van der Waals surface area contributed by atoms with Crippen molar-refractivity contribution in [3.63, 3.8) is 0 Å². The summed E-state index contributed by atoms with van der Waals surface area (Å²) in [6.07, 6.45) is 5.30. The van der Waals surface area contributed by atoms with E-state index in [1.807, 2.05) is 53.2 Å². The second-order valence-electron chi connectivity index (χ2n) is 6.21. The van der Waals surface area contributed by atoms with E-state index < -0.39 is 0 Å². The fourth-order valence-electron chi connectivity index (χ4n) is 2.85. The van der Waals surface area contributed by atoms with Gasteiger partial charge in [-0.3, -0.25) is 10.1 Å². The molecule has 1 aliphatic heterocycles. The highest BCUT2D eigenvalue weighted by molar-refractivity contribution is 6.04. The van der Waals surface area contributed by atoms with Gasteiger partial charge in [0, 0.05) is 48.1 Å². The molecule has 0 spiro atoms. The fraction of sp³-hybridized carbons (Fsp3) is 0.143. The van der Waals surface area contributed by atoms with Crippen molar-refractivity contribution >= 4 is 11.6 Å². The number of aromatic nitrogens is 2. The van der Waals surface area contributed by atoms with Gasteiger partial charge in [-0.2, -0.15) is 0 Å². The van der Waals surface area contributed by atoms with Crippen LogP contribution >= 0.6 is 0 Å². The molecule has 0 aliphatic carbocycles. The summed E-state index contributed by atoms with van der Waals surface area (Å²) in [5.74, 6) is 6.14. The molecule has 1 aromatic heterocycles. The molecule has 134 valence electrons. The number of carbonyl (C=O) groups is 1. The Labute approximate surface area is 157 Å². The summed E-state index contributed by atoms with van der Waals surface area (Å²) in [4.78, 5) is 16.7.